The maximum Gasteiger partial charge on any atom is 0.416 e. The van der Waals surface area contributed by atoms with Crippen LogP contribution in [0.2, 0.25) is 0 Å². The highest BCUT2D eigenvalue weighted by Crippen LogP contribution is 2.34. The summed E-state index contributed by atoms with van der Waals surface area (Å²) in [6, 6.07) is 10.5. The number of hydrogen-bond donors (Lipinski definition) is 1. The van der Waals surface area contributed by atoms with Crippen molar-refractivity contribution in [3.63, 3.8) is 0 Å². The molecule has 0 saturated heterocycles. The molecule has 9 heteroatoms. The number of rotatable bonds is 6. The number of fused-ring (bicyclic) bond motifs is 1. The number of carbonyl (C=O) groups is 1. The van der Waals surface area contributed by atoms with Gasteiger partial charge in [-0.1, -0.05) is 24.3 Å². The van der Waals surface area contributed by atoms with Crippen LogP contribution in [0.1, 0.15) is 26.7 Å². The van der Waals surface area contributed by atoms with E-state index in [0.717, 1.165) is 43.5 Å². The third kappa shape index (κ3) is 4.77. The lowest BCUT2D eigenvalue weighted by Crippen LogP contribution is -2.03. The van der Waals surface area contributed by atoms with Gasteiger partial charge in [0, 0.05) is 16.9 Å². The number of alkyl halides is 3. The standard InChI is InChI=1S/C22H17F3N2O2S2/c1-12-17(30-21(26-12)13-5-7-15(8-6-13)22(23,24)25)9-10-18-27-16-4-2-3-14(11-19(28)29)20(16)31-18/h2-8H,9-11H2,1H3,(H,28,29). The van der Waals surface area contributed by atoms with Crippen molar-refractivity contribution in [2.75, 3.05) is 0 Å². The lowest BCUT2D eigenvalue weighted by atomic mass is 10.1. The van der Waals surface area contributed by atoms with Gasteiger partial charge in [0.2, 0.25) is 0 Å². The van der Waals surface area contributed by atoms with Crippen molar-refractivity contribution in [1.29, 1.82) is 0 Å². The highest BCUT2D eigenvalue weighted by Gasteiger charge is 2.30. The fourth-order valence-electron chi connectivity index (χ4n) is 3.27. The maximum atomic E-state index is 12.8. The second-order valence-corrected chi connectivity index (χ2v) is 9.21. The van der Waals surface area contributed by atoms with E-state index < -0.39 is 17.7 Å². The smallest absolute Gasteiger partial charge is 0.416 e. The van der Waals surface area contributed by atoms with E-state index in [1.165, 1.54) is 34.8 Å². The number of thiazole rings is 2. The number of aryl methyl sites for hydroxylation is 3. The van der Waals surface area contributed by atoms with Crippen molar-refractivity contribution in [3.8, 4) is 10.6 Å². The van der Waals surface area contributed by atoms with Gasteiger partial charge in [-0.25, -0.2) is 9.97 Å². The summed E-state index contributed by atoms with van der Waals surface area (Å²) in [6.07, 6.45) is -3.01. The Hall–Kier alpha value is -2.78. The number of carboxylic acid groups (broad SMARTS) is 1. The van der Waals surface area contributed by atoms with Crippen LogP contribution < -0.4 is 0 Å². The van der Waals surface area contributed by atoms with Gasteiger partial charge in [-0.15, -0.1) is 22.7 Å². The predicted octanol–water partition coefficient (Wildman–Crippen LogP) is 6.16. The number of carboxylic acids is 1. The molecule has 0 unspecified atom stereocenters. The quantitative estimate of drug-likeness (QED) is 0.373. The Balaban J connectivity index is 1.51. The molecule has 160 valence electrons. The van der Waals surface area contributed by atoms with Gasteiger partial charge in [-0.2, -0.15) is 13.2 Å². The number of halogens is 3. The van der Waals surface area contributed by atoms with Gasteiger partial charge in [-0.3, -0.25) is 4.79 Å². The number of benzene rings is 2. The third-order valence-electron chi connectivity index (χ3n) is 4.80. The van der Waals surface area contributed by atoms with Gasteiger partial charge in [0.15, 0.2) is 0 Å². The van der Waals surface area contributed by atoms with Crippen LogP contribution in [0.3, 0.4) is 0 Å². The van der Waals surface area contributed by atoms with Crippen molar-refractivity contribution in [3.05, 3.63) is 69.2 Å². The Bertz CT molecular complexity index is 1240. The Morgan fingerprint density at radius 2 is 1.77 bits per heavy atom. The molecule has 2 aromatic heterocycles. The zero-order chi connectivity index (χ0) is 22.2. The minimum Gasteiger partial charge on any atom is -0.481 e. The van der Waals surface area contributed by atoms with Crippen LogP contribution >= 0.6 is 22.7 Å². The minimum atomic E-state index is -4.36. The molecular formula is C22H17F3N2O2S2. The van der Waals surface area contributed by atoms with Gasteiger partial charge < -0.3 is 5.11 Å². The molecule has 0 atom stereocenters. The van der Waals surface area contributed by atoms with Crippen molar-refractivity contribution in [2.24, 2.45) is 0 Å². The molecule has 31 heavy (non-hydrogen) atoms. The number of hydrogen-bond acceptors (Lipinski definition) is 5. The Labute approximate surface area is 184 Å². The number of aliphatic carboxylic acids is 1. The second kappa shape index (κ2) is 8.39. The van der Waals surface area contributed by atoms with E-state index in [4.69, 9.17) is 5.11 Å². The SMILES string of the molecule is Cc1nc(-c2ccc(C(F)(F)F)cc2)sc1CCc1nc2cccc(CC(=O)O)c2s1. The molecule has 0 amide bonds. The largest absolute Gasteiger partial charge is 0.481 e. The summed E-state index contributed by atoms with van der Waals surface area (Å²) in [4.78, 5) is 21.3. The molecule has 2 heterocycles. The van der Waals surface area contributed by atoms with Crippen molar-refractivity contribution in [2.45, 2.75) is 32.4 Å². The Kier molecular flexibility index (Phi) is 5.81. The lowest BCUT2D eigenvalue weighted by Gasteiger charge is -2.06. The van der Waals surface area contributed by atoms with Gasteiger partial charge in [0.05, 0.1) is 32.9 Å². The molecule has 0 bridgehead atoms. The molecule has 0 fully saturated rings. The maximum absolute atomic E-state index is 12.8. The molecule has 4 rings (SSSR count). The Morgan fingerprint density at radius 3 is 2.45 bits per heavy atom. The second-order valence-electron chi connectivity index (χ2n) is 7.05. The number of aromatic nitrogens is 2. The van der Waals surface area contributed by atoms with Crippen molar-refractivity contribution >= 4 is 38.9 Å². The number of nitrogens with zero attached hydrogens (tertiary/aromatic N) is 2. The average molecular weight is 463 g/mol. The topological polar surface area (TPSA) is 63.1 Å². The first-order valence-corrected chi connectivity index (χ1v) is 11.1. The van der Waals surface area contributed by atoms with Gasteiger partial charge in [0.25, 0.3) is 0 Å². The summed E-state index contributed by atoms with van der Waals surface area (Å²) in [5.74, 6) is -0.876. The minimum absolute atomic E-state index is 0.0383. The summed E-state index contributed by atoms with van der Waals surface area (Å²) in [5, 5.41) is 10.7. The zero-order valence-electron chi connectivity index (χ0n) is 16.4. The van der Waals surface area contributed by atoms with E-state index in [2.05, 4.69) is 9.97 Å². The fraction of sp³-hybridized carbons (Fsp3) is 0.227. The van der Waals surface area contributed by atoms with Crippen molar-refractivity contribution < 1.29 is 23.1 Å². The van der Waals surface area contributed by atoms with Crippen molar-refractivity contribution in [1.82, 2.24) is 9.97 Å². The molecule has 0 aliphatic carbocycles. The fourth-order valence-corrected chi connectivity index (χ4v) is 5.41. The molecule has 0 aliphatic heterocycles. The molecule has 0 radical (unpaired) electrons. The molecule has 0 spiro atoms. The first-order valence-electron chi connectivity index (χ1n) is 9.44. The molecule has 2 aromatic carbocycles. The van der Waals surface area contributed by atoms with E-state index in [9.17, 15) is 18.0 Å². The molecule has 0 saturated carbocycles. The van der Waals surface area contributed by atoms with Gasteiger partial charge >= 0.3 is 12.1 Å². The van der Waals surface area contributed by atoms with Crippen LogP contribution in [0.25, 0.3) is 20.8 Å². The normalized spacial score (nSPS) is 11.9. The van der Waals surface area contributed by atoms with E-state index in [-0.39, 0.29) is 6.42 Å². The highest BCUT2D eigenvalue weighted by molar-refractivity contribution is 7.18. The third-order valence-corrected chi connectivity index (χ3v) is 7.27. The van der Waals surface area contributed by atoms with Crippen LogP contribution in [0.4, 0.5) is 13.2 Å². The Morgan fingerprint density at radius 1 is 1.03 bits per heavy atom. The summed E-state index contributed by atoms with van der Waals surface area (Å²) < 4.78 is 39.2. The van der Waals surface area contributed by atoms with Gasteiger partial charge in [0.1, 0.15) is 5.01 Å². The van der Waals surface area contributed by atoms with E-state index in [1.807, 2.05) is 25.1 Å². The summed E-state index contributed by atoms with van der Waals surface area (Å²) in [5.41, 5.74) is 2.39. The first kappa shape index (κ1) is 21.5. The first-order chi connectivity index (χ1) is 14.7. The molecule has 4 aromatic rings. The van der Waals surface area contributed by atoms with Crippen LogP contribution in [0.15, 0.2) is 42.5 Å². The van der Waals surface area contributed by atoms with E-state index in [0.29, 0.717) is 23.4 Å². The lowest BCUT2D eigenvalue weighted by molar-refractivity contribution is -0.138. The summed E-state index contributed by atoms with van der Waals surface area (Å²) in [7, 11) is 0. The molecule has 4 nitrogen and oxygen atoms in total. The summed E-state index contributed by atoms with van der Waals surface area (Å²) in [6.45, 7) is 1.89. The molecule has 1 N–H and O–H groups in total. The highest BCUT2D eigenvalue weighted by atomic mass is 32.1. The molecular weight excluding hydrogens is 445 g/mol. The van der Waals surface area contributed by atoms with Crippen LogP contribution in [-0.2, 0) is 30.2 Å². The van der Waals surface area contributed by atoms with E-state index in [1.54, 1.807) is 0 Å². The zero-order valence-corrected chi connectivity index (χ0v) is 18.0. The predicted molar refractivity (Wildman–Crippen MR) is 116 cm³/mol. The van der Waals surface area contributed by atoms with Crippen LogP contribution in [0.5, 0.6) is 0 Å². The monoisotopic (exact) mass is 462 g/mol. The summed E-state index contributed by atoms with van der Waals surface area (Å²) >= 11 is 2.97. The van der Waals surface area contributed by atoms with Crippen LogP contribution in [0, 0.1) is 6.92 Å². The molecule has 0 aliphatic rings. The van der Waals surface area contributed by atoms with E-state index >= 15 is 0 Å². The van der Waals surface area contributed by atoms with Crippen LogP contribution in [-0.4, -0.2) is 21.0 Å². The average Bonchev–Trinajstić information content (AvgIpc) is 3.29. The van der Waals surface area contributed by atoms with Gasteiger partial charge in [-0.05, 0) is 37.1 Å².